The summed E-state index contributed by atoms with van der Waals surface area (Å²) in [6, 6.07) is 62.6. The first-order valence-electron chi connectivity index (χ1n) is 18.4. The van der Waals surface area contributed by atoms with Crippen molar-refractivity contribution < 1.29 is 0 Å². The van der Waals surface area contributed by atoms with Gasteiger partial charge >= 0.3 is 0 Å². The molecule has 0 saturated carbocycles. The smallest absolute Gasteiger partial charge is 0.0585 e. The average molecular weight is 669 g/mol. The Morgan fingerprint density at radius 3 is 1.69 bits per heavy atom. The van der Waals surface area contributed by atoms with E-state index in [4.69, 9.17) is 0 Å². The van der Waals surface area contributed by atoms with Crippen LogP contribution in [0.2, 0.25) is 0 Å². The van der Waals surface area contributed by atoms with Crippen LogP contribution in [0.1, 0.15) is 49.9 Å². The highest BCUT2D eigenvalue weighted by Crippen LogP contribution is 2.55. The second-order valence-electron chi connectivity index (χ2n) is 15.4. The van der Waals surface area contributed by atoms with Gasteiger partial charge in [0.1, 0.15) is 0 Å². The van der Waals surface area contributed by atoms with Crippen LogP contribution >= 0.6 is 0 Å². The molecule has 0 aliphatic heterocycles. The molecule has 0 N–H and O–H groups in total. The Bertz CT molecular complexity index is 2660. The van der Waals surface area contributed by atoms with Gasteiger partial charge in [0.2, 0.25) is 0 Å². The lowest BCUT2D eigenvalue weighted by atomic mass is 9.81. The first kappa shape index (κ1) is 30.7. The van der Waals surface area contributed by atoms with Crippen molar-refractivity contribution in [2.24, 2.45) is 0 Å². The zero-order chi connectivity index (χ0) is 35.2. The van der Waals surface area contributed by atoms with Crippen LogP contribution in [-0.2, 0) is 10.8 Å². The molecule has 2 aliphatic rings. The molecule has 0 radical (unpaired) electrons. The molecular formula is C50H40N2. The van der Waals surface area contributed by atoms with Crippen molar-refractivity contribution >= 4 is 28.0 Å². The lowest BCUT2D eigenvalue weighted by molar-refractivity contribution is 0.660. The number of para-hydroxylation sites is 1. The third-order valence-electron chi connectivity index (χ3n) is 11.8. The maximum absolute atomic E-state index is 2.50. The van der Waals surface area contributed by atoms with Crippen molar-refractivity contribution in [1.82, 2.24) is 4.57 Å². The van der Waals surface area contributed by atoms with Gasteiger partial charge in [-0.15, -0.1) is 0 Å². The molecule has 2 nitrogen and oxygen atoms in total. The predicted molar refractivity (Wildman–Crippen MR) is 219 cm³/mol. The third kappa shape index (κ3) is 4.37. The van der Waals surface area contributed by atoms with E-state index in [-0.39, 0.29) is 10.8 Å². The Hall–Kier alpha value is -6.12. The Morgan fingerprint density at radius 1 is 0.423 bits per heavy atom. The number of fused-ring (bicyclic) bond motifs is 8. The highest BCUT2D eigenvalue weighted by molar-refractivity contribution is 6.01. The zero-order valence-electron chi connectivity index (χ0n) is 30.1. The van der Waals surface area contributed by atoms with Gasteiger partial charge in [0.15, 0.2) is 0 Å². The Labute approximate surface area is 306 Å². The van der Waals surface area contributed by atoms with E-state index in [0.29, 0.717) is 0 Å². The van der Waals surface area contributed by atoms with Crippen molar-refractivity contribution in [3.63, 3.8) is 0 Å². The SMILES string of the molecule is CC1(C)c2ccccc2-c2ccc(N(c3ccc(-c4ccccc4)cc3)c3ccc4c5c(n(-c6ccccc6)c4c3)-c3ccccc3C5(C)C)cc21. The summed E-state index contributed by atoms with van der Waals surface area (Å²) in [4.78, 5) is 2.44. The number of hydrogen-bond donors (Lipinski definition) is 0. The maximum atomic E-state index is 2.50. The van der Waals surface area contributed by atoms with Crippen molar-refractivity contribution in [3.8, 4) is 39.2 Å². The van der Waals surface area contributed by atoms with E-state index in [1.807, 2.05) is 0 Å². The summed E-state index contributed by atoms with van der Waals surface area (Å²) in [5, 5.41) is 1.30. The standard InChI is InChI=1S/C50H40N2/c1-49(2)43-21-13-11-19-39(43)40-29-27-37(31-45(40)49)51(36-25-23-34(24-26-36)33-15-7-5-8-16-33)38-28-30-42-46(32-38)52(35-17-9-6-10-18-35)48-41-20-12-14-22-44(41)50(3,4)47(42)48/h5-32H,1-4H3. The van der Waals surface area contributed by atoms with Crippen molar-refractivity contribution in [2.75, 3.05) is 4.90 Å². The van der Waals surface area contributed by atoms with Gasteiger partial charge in [-0.1, -0.05) is 149 Å². The fourth-order valence-electron chi connectivity index (χ4n) is 9.23. The van der Waals surface area contributed by atoms with E-state index in [0.717, 1.165) is 17.1 Å². The van der Waals surface area contributed by atoms with Crippen LogP contribution in [0.5, 0.6) is 0 Å². The highest BCUT2D eigenvalue weighted by atomic mass is 15.1. The molecule has 1 aromatic heterocycles. The number of aromatic nitrogens is 1. The second-order valence-corrected chi connectivity index (χ2v) is 15.4. The van der Waals surface area contributed by atoms with Crippen LogP contribution in [0, 0.1) is 0 Å². The molecule has 0 amide bonds. The monoisotopic (exact) mass is 668 g/mol. The van der Waals surface area contributed by atoms with Crippen LogP contribution in [0.3, 0.4) is 0 Å². The Morgan fingerprint density at radius 2 is 0.962 bits per heavy atom. The first-order valence-corrected chi connectivity index (χ1v) is 18.4. The van der Waals surface area contributed by atoms with Gasteiger partial charge in [0, 0.05) is 44.5 Å². The third-order valence-corrected chi connectivity index (χ3v) is 11.8. The maximum Gasteiger partial charge on any atom is 0.0585 e. The molecule has 52 heavy (non-hydrogen) atoms. The molecule has 2 aliphatic carbocycles. The number of nitrogens with zero attached hydrogens (tertiary/aromatic N) is 2. The summed E-state index contributed by atoms with van der Waals surface area (Å²) in [5.74, 6) is 0. The van der Waals surface area contributed by atoms with Gasteiger partial charge in [0.05, 0.1) is 11.2 Å². The van der Waals surface area contributed by atoms with E-state index in [9.17, 15) is 0 Å². The Kier molecular flexibility index (Phi) is 6.60. The summed E-state index contributed by atoms with van der Waals surface area (Å²) in [5.41, 5.74) is 18.8. The largest absolute Gasteiger partial charge is 0.310 e. The van der Waals surface area contributed by atoms with E-state index in [1.165, 1.54) is 72.4 Å². The summed E-state index contributed by atoms with van der Waals surface area (Å²) in [7, 11) is 0. The molecule has 2 heteroatoms. The van der Waals surface area contributed by atoms with Crippen molar-refractivity contribution in [1.29, 1.82) is 0 Å². The van der Waals surface area contributed by atoms with Crippen molar-refractivity contribution in [2.45, 2.75) is 38.5 Å². The quantitative estimate of drug-likeness (QED) is 0.177. The molecule has 0 fully saturated rings. The van der Waals surface area contributed by atoms with E-state index in [2.05, 4.69) is 207 Å². The second kappa shape index (κ2) is 11.2. The fraction of sp³-hybridized carbons (Fsp3) is 0.120. The molecule has 10 rings (SSSR count). The highest BCUT2D eigenvalue weighted by Gasteiger charge is 2.41. The van der Waals surface area contributed by atoms with Crippen molar-refractivity contribution in [3.05, 3.63) is 192 Å². The predicted octanol–water partition coefficient (Wildman–Crippen LogP) is 13.4. The molecule has 250 valence electrons. The van der Waals surface area contributed by atoms with Crippen LogP contribution < -0.4 is 4.90 Å². The number of anilines is 3. The zero-order valence-corrected chi connectivity index (χ0v) is 30.1. The van der Waals surface area contributed by atoms with Gasteiger partial charge in [-0.2, -0.15) is 0 Å². The summed E-state index contributed by atoms with van der Waals surface area (Å²) >= 11 is 0. The Balaban J connectivity index is 1.21. The minimum Gasteiger partial charge on any atom is -0.310 e. The first-order chi connectivity index (χ1) is 25.3. The van der Waals surface area contributed by atoms with Gasteiger partial charge in [-0.25, -0.2) is 0 Å². The average Bonchev–Trinajstić information content (AvgIpc) is 3.74. The fourth-order valence-corrected chi connectivity index (χ4v) is 9.23. The molecule has 7 aromatic carbocycles. The molecule has 0 saturated heterocycles. The van der Waals surface area contributed by atoms with Crippen LogP contribution in [-0.4, -0.2) is 4.57 Å². The molecule has 0 bridgehead atoms. The van der Waals surface area contributed by atoms with E-state index < -0.39 is 0 Å². The number of benzene rings is 7. The van der Waals surface area contributed by atoms with Gasteiger partial charge < -0.3 is 9.47 Å². The van der Waals surface area contributed by atoms with E-state index in [1.54, 1.807) is 0 Å². The number of hydrogen-bond acceptors (Lipinski definition) is 1. The minimum atomic E-state index is -0.126. The molecule has 0 spiro atoms. The summed E-state index contributed by atoms with van der Waals surface area (Å²) in [6.07, 6.45) is 0. The lowest BCUT2D eigenvalue weighted by Gasteiger charge is -2.28. The molecule has 0 unspecified atom stereocenters. The van der Waals surface area contributed by atoms with Crippen LogP contribution in [0.25, 0.3) is 50.1 Å². The minimum absolute atomic E-state index is 0.101. The van der Waals surface area contributed by atoms with Gasteiger partial charge in [-0.3, -0.25) is 0 Å². The van der Waals surface area contributed by atoms with E-state index >= 15 is 0 Å². The van der Waals surface area contributed by atoms with Crippen LogP contribution in [0.15, 0.2) is 170 Å². The lowest BCUT2D eigenvalue weighted by Crippen LogP contribution is -2.16. The normalized spacial score (nSPS) is 14.5. The summed E-state index contributed by atoms with van der Waals surface area (Å²) in [6.45, 7) is 9.48. The summed E-state index contributed by atoms with van der Waals surface area (Å²) < 4.78 is 2.50. The topological polar surface area (TPSA) is 8.17 Å². The van der Waals surface area contributed by atoms with Crippen LogP contribution in [0.4, 0.5) is 17.1 Å². The molecular weight excluding hydrogens is 629 g/mol. The number of rotatable bonds is 5. The van der Waals surface area contributed by atoms with Gasteiger partial charge in [0.25, 0.3) is 0 Å². The molecule has 8 aromatic rings. The van der Waals surface area contributed by atoms with Gasteiger partial charge in [-0.05, 0) is 93.0 Å². The molecule has 0 atom stereocenters. The molecule has 1 heterocycles.